The Morgan fingerprint density at radius 3 is 2.96 bits per heavy atom. The minimum Gasteiger partial charge on any atom is -0.408 e. The van der Waals surface area contributed by atoms with E-state index in [4.69, 9.17) is 4.42 Å². The van der Waals surface area contributed by atoms with Gasteiger partial charge in [-0.3, -0.25) is 14.3 Å². The number of aryl methyl sites for hydroxylation is 1. The fraction of sp³-hybridized carbons (Fsp3) is 0.350. The van der Waals surface area contributed by atoms with Crippen molar-refractivity contribution in [3.8, 4) is 0 Å². The van der Waals surface area contributed by atoms with Crippen LogP contribution >= 0.6 is 0 Å². The van der Waals surface area contributed by atoms with Gasteiger partial charge in [-0.2, -0.15) is 0 Å². The molecule has 1 N–H and O–H groups in total. The smallest absolute Gasteiger partial charge is 0.408 e. The Bertz CT molecular complexity index is 1060. The highest BCUT2D eigenvalue weighted by Crippen LogP contribution is 2.25. The molecule has 1 aliphatic rings. The average molecular weight is 366 g/mol. The van der Waals surface area contributed by atoms with Gasteiger partial charge in [-0.1, -0.05) is 0 Å². The lowest BCUT2D eigenvalue weighted by Crippen LogP contribution is -2.23. The molecule has 0 fully saturated rings. The Hall–Kier alpha value is -2.93. The van der Waals surface area contributed by atoms with Crippen molar-refractivity contribution in [3.63, 3.8) is 0 Å². The van der Waals surface area contributed by atoms with Gasteiger partial charge >= 0.3 is 5.76 Å². The van der Waals surface area contributed by atoms with E-state index in [0.717, 1.165) is 30.4 Å². The molecule has 0 bridgehead atoms. The third-order valence-corrected chi connectivity index (χ3v) is 4.96. The summed E-state index contributed by atoms with van der Waals surface area (Å²) in [4.78, 5) is 31.1. The fourth-order valence-electron chi connectivity index (χ4n) is 3.54. The van der Waals surface area contributed by atoms with Crippen molar-refractivity contribution >= 4 is 22.7 Å². The molecule has 0 aliphatic heterocycles. The molecule has 4 rings (SSSR count). The highest BCUT2D eigenvalue weighted by Gasteiger charge is 2.20. The lowest BCUT2D eigenvalue weighted by molar-refractivity contribution is 0.102. The van der Waals surface area contributed by atoms with Gasteiger partial charge < -0.3 is 14.6 Å². The second-order valence-electron chi connectivity index (χ2n) is 7.14. The van der Waals surface area contributed by atoms with E-state index >= 15 is 0 Å². The van der Waals surface area contributed by atoms with Crippen LogP contribution in [0.1, 0.15) is 27.9 Å². The molecule has 7 nitrogen and oxygen atoms in total. The molecule has 0 radical (unpaired) electrons. The minimum atomic E-state index is -0.389. The first kappa shape index (κ1) is 17.5. The number of carbonyl (C=O) groups is 1. The maximum atomic E-state index is 12.8. The second-order valence-corrected chi connectivity index (χ2v) is 7.14. The molecule has 0 saturated carbocycles. The number of anilines is 1. The summed E-state index contributed by atoms with van der Waals surface area (Å²) in [6, 6.07) is 5.24. The van der Waals surface area contributed by atoms with Gasteiger partial charge in [0.2, 0.25) is 0 Å². The van der Waals surface area contributed by atoms with E-state index in [1.54, 1.807) is 29.0 Å². The molecule has 0 spiro atoms. The highest BCUT2D eigenvalue weighted by atomic mass is 16.4. The molecule has 27 heavy (non-hydrogen) atoms. The molecule has 3 aromatic rings. The number of amides is 1. The normalized spacial score (nSPS) is 13.3. The van der Waals surface area contributed by atoms with Gasteiger partial charge in [0.15, 0.2) is 5.58 Å². The SMILES string of the molecule is CN(C)CCn1c(=O)oc2ccc(NC(=O)c3cncc4c3CCC4)cc21. The first-order valence-electron chi connectivity index (χ1n) is 9.08. The minimum absolute atomic E-state index is 0.175. The molecule has 140 valence electrons. The van der Waals surface area contributed by atoms with Crippen molar-refractivity contribution in [3.05, 3.63) is 57.8 Å². The maximum absolute atomic E-state index is 12.8. The van der Waals surface area contributed by atoms with Crippen LogP contribution in [0.15, 0.2) is 39.8 Å². The standard InChI is InChI=1S/C20H22N4O3/c1-23(2)8-9-24-17-10-14(6-7-18(17)27-20(24)26)22-19(25)16-12-21-11-13-4-3-5-15(13)16/h6-7,10-12H,3-5,8-9H2,1-2H3,(H,22,25). The predicted octanol–water partition coefficient (Wildman–Crippen LogP) is 2.29. The molecule has 0 saturated heterocycles. The summed E-state index contributed by atoms with van der Waals surface area (Å²) in [6.45, 7) is 1.24. The Labute approximate surface area is 156 Å². The van der Waals surface area contributed by atoms with Crippen LogP contribution in [-0.2, 0) is 19.4 Å². The fourth-order valence-corrected chi connectivity index (χ4v) is 3.54. The molecule has 2 heterocycles. The van der Waals surface area contributed by atoms with E-state index in [0.29, 0.717) is 35.4 Å². The van der Waals surface area contributed by atoms with Crippen molar-refractivity contribution in [2.75, 3.05) is 26.0 Å². The van der Waals surface area contributed by atoms with Gasteiger partial charge in [-0.15, -0.1) is 0 Å². The molecule has 1 amide bonds. The number of benzene rings is 1. The number of fused-ring (bicyclic) bond motifs is 2. The number of likely N-dealkylation sites (N-methyl/N-ethyl adjacent to an activating group) is 1. The number of aromatic nitrogens is 2. The van der Waals surface area contributed by atoms with Gasteiger partial charge in [0.1, 0.15) is 0 Å². The van der Waals surface area contributed by atoms with Crippen LogP contribution in [0, 0.1) is 0 Å². The van der Waals surface area contributed by atoms with Crippen molar-refractivity contribution in [1.29, 1.82) is 0 Å². The molecule has 7 heteroatoms. The zero-order valence-electron chi connectivity index (χ0n) is 15.5. The summed E-state index contributed by atoms with van der Waals surface area (Å²) in [5.41, 5.74) is 4.69. The zero-order chi connectivity index (χ0) is 19.0. The summed E-state index contributed by atoms with van der Waals surface area (Å²) >= 11 is 0. The summed E-state index contributed by atoms with van der Waals surface area (Å²) in [7, 11) is 3.90. The van der Waals surface area contributed by atoms with E-state index < -0.39 is 0 Å². The number of hydrogen-bond donors (Lipinski definition) is 1. The Balaban J connectivity index is 1.63. The van der Waals surface area contributed by atoms with E-state index in [-0.39, 0.29) is 11.7 Å². The summed E-state index contributed by atoms with van der Waals surface area (Å²) < 4.78 is 6.89. The number of rotatable bonds is 5. The van der Waals surface area contributed by atoms with E-state index in [1.165, 1.54) is 0 Å². The lowest BCUT2D eigenvalue weighted by atomic mass is 10.1. The Morgan fingerprint density at radius 2 is 2.15 bits per heavy atom. The number of pyridine rings is 1. The molecule has 0 unspecified atom stereocenters. The van der Waals surface area contributed by atoms with Gasteiger partial charge in [0, 0.05) is 31.2 Å². The van der Waals surface area contributed by atoms with Gasteiger partial charge in [-0.05, 0) is 62.7 Å². The van der Waals surface area contributed by atoms with Crippen molar-refractivity contribution in [2.45, 2.75) is 25.8 Å². The summed E-state index contributed by atoms with van der Waals surface area (Å²) in [6.07, 6.45) is 6.41. The first-order valence-corrected chi connectivity index (χ1v) is 9.08. The Morgan fingerprint density at radius 1 is 1.30 bits per heavy atom. The zero-order valence-corrected chi connectivity index (χ0v) is 15.5. The van der Waals surface area contributed by atoms with Gasteiger partial charge in [0.05, 0.1) is 11.1 Å². The molecule has 1 aliphatic carbocycles. The van der Waals surface area contributed by atoms with Crippen molar-refractivity contribution < 1.29 is 9.21 Å². The van der Waals surface area contributed by atoms with Crippen molar-refractivity contribution in [2.24, 2.45) is 0 Å². The quantitative estimate of drug-likeness (QED) is 0.749. The molecule has 1 aromatic carbocycles. The second kappa shape index (κ2) is 7.00. The van der Waals surface area contributed by atoms with Crippen LogP contribution in [0.25, 0.3) is 11.1 Å². The highest BCUT2D eigenvalue weighted by molar-refractivity contribution is 6.06. The molecule has 2 aromatic heterocycles. The van der Waals surface area contributed by atoms with Gasteiger partial charge in [0.25, 0.3) is 5.91 Å². The third kappa shape index (κ3) is 3.38. The largest absolute Gasteiger partial charge is 0.419 e. The number of hydrogen-bond acceptors (Lipinski definition) is 5. The van der Waals surface area contributed by atoms with Gasteiger partial charge in [-0.25, -0.2) is 4.79 Å². The predicted molar refractivity (Wildman–Crippen MR) is 103 cm³/mol. The van der Waals surface area contributed by atoms with E-state index in [9.17, 15) is 9.59 Å². The van der Waals surface area contributed by atoms with Crippen LogP contribution < -0.4 is 11.1 Å². The molecular weight excluding hydrogens is 344 g/mol. The third-order valence-electron chi connectivity index (χ3n) is 4.96. The molecule has 0 atom stereocenters. The monoisotopic (exact) mass is 366 g/mol. The maximum Gasteiger partial charge on any atom is 0.419 e. The first-order chi connectivity index (χ1) is 13.0. The Kier molecular flexibility index (Phi) is 4.53. The number of nitrogens with one attached hydrogen (secondary N) is 1. The topological polar surface area (TPSA) is 80.4 Å². The van der Waals surface area contributed by atoms with E-state index in [1.807, 2.05) is 25.2 Å². The average Bonchev–Trinajstić information content (AvgIpc) is 3.23. The van der Waals surface area contributed by atoms with Crippen molar-refractivity contribution in [1.82, 2.24) is 14.5 Å². The van der Waals surface area contributed by atoms with Crippen LogP contribution in [0.4, 0.5) is 5.69 Å². The molecular formula is C20H22N4O3. The van der Waals surface area contributed by atoms with Crippen LogP contribution in [0.2, 0.25) is 0 Å². The summed E-state index contributed by atoms with van der Waals surface area (Å²) in [5, 5.41) is 2.94. The number of carbonyl (C=O) groups excluding carboxylic acids is 1. The number of nitrogens with zero attached hydrogens (tertiary/aromatic N) is 3. The summed E-state index contributed by atoms with van der Waals surface area (Å²) in [5.74, 6) is -0.563. The van der Waals surface area contributed by atoms with Crippen LogP contribution in [0.5, 0.6) is 0 Å². The lowest BCUT2D eigenvalue weighted by Gasteiger charge is -2.11. The number of oxazole rings is 1. The van der Waals surface area contributed by atoms with Crippen LogP contribution in [0.3, 0.4) is 0 Å². The van der Waals surface area contributed by atoms with E-state index in [2.05, 4.69) is 10.3 Å². The van der Waals surface area contributed by atoms with Crippen LogP contribution in [-0.4, -0.2) is 41.0 Å².